The molecule has 0 bridgehead atoms. The van der Waals surface area contributed by atoms with Crippen molar-refractivity contribution >= 4 is 28.9 Å². The lowest BCUT2D eigenvalue weighted by molar-refractivity contribution is -0.116. The number of thiophene rings is 1. The molecular weight excluding hydrogens is 267 g/mol. The molecule has 0 atom stereocenters. The zero-order valence-corrected chi connectivity index (χ0v) is 11.4. The van der Waals surface area contributed by atoms with Crippen molar-refractivity contribution in [2.45, 2.75) is 17.7 Å². The van der Waals surface area contributed by atoms with E-state index in [0.717, 1.165) is 11.3 Å². The molecule has 1 heterocycles. The third-order valence-corrected chi connectivity index (χ3v) is 4.45. The van der Waals surface area contributed by atoms with Crippen molar-refractivity contribution in [1.29, 1.82) is 0 Å². The van der Waals surface area contributed by atoms with E-state index in [-0.39, 0.29) is 11.6 Å². The van der Waals surface area contributed by atoms with Crippen LogP contribution in [0, 0.1) is 5.82 Å². The molecule has 0 aliphatic rings. The van der Waals surface area contributed by atoms with E-state index in [1.54, 1.807) is 23.5 Å². The molecule has 2 rings (SSSR count). The molecule has 0 N–H and O–H groups in total. The molecule has 0 aliphatic heterocycles. The zero-order valence-electron chi connectivity index (χ0n) is 9.77. The third kappa shape index (κ3) is 4.27. The number of benzene rings is 1. The van der Waals surface area contributed by atoms with Gasteiger partial charge in [0.15, 0.2) is 0 Å². The maximum atomic E-state index is 12.7. The van der Waals surface area contributed by atoms with Gasteiger partial charge in [-0.25, -0.2) is 4.39 Å². The maximum Gasteiger partial charge on any atom is 0.143 e. The van der Waals surface area contributed by atoms with Crippen LogP contribution in [0.4, 0.5) is 4.39 Å². The standard InChI is InChI=1S/C14H13FOS2/c15-11-3-6-14(7-4-11)18-10-12(16)5-8-13-2-1-9-17-13/h1-4,6-7,9H,5,8,10H2. The Kier molecular flexibility index (Phi) is 4.96. The van der Waals surface area contributed by atoms with Crippen LogP contribution < -0.4 is 0 Å². The van der Waals surface area contributed by atoms with Crippen LogP contribution in [-0.4, -0.2) is 11.5 Å². The first kappa shape index (κ1) is 13.3. The Balaban J connectivity index is 1.73. The van der Waals surface area contributed by atoms with Crippen molar-refractivity contribution < 1.29 is 9.18 Å². The summed E-state index contributed by atoms with van der Waals surface area (Å²) in [5.74, 6) is 0.442. The van der Waals surface area contributed by atoms with Gasteiger partial charge < -0.3 is 0 Å². The van der Waals surface area contributed by atoms with Gasteiger partial charge in [-0.15, -0.1) is 23.1 Å². The van der Waals surface area contributed by atoms with E-state index in [2.05, 4.69) is 0 Å². The summed E-state index contributed by atoms with van der Waals surface area (Å²) in [5, 5.41) is 2.02. The molecule has 18 heavy (non-hydrogen) atoms. The highest BCUT2D eigenvalue weighted by Gasteiger charge is 2.04. The van der Waals surface area contributed by atoms with E-state index in [0.29, 0.717) is 12.2 Å². The fourth-order valence-corrected chi connectivity index (χ4v) is 2.99. The van der Waals surface area contributed by atoms with Crippen molar-refractivity contribution in [2.24, 2.45) is 0 Å². The summed E-state index contributed by atoms with van der Waals surface area (Å²) in [5.41, 5.74) is 0. The van der Waals surface area contributed by atoms with Crippen LogP contribution in [0.1, 0.15) is 11.3 Å². The maximum absolute atomic E-state index is 12.7. The normalized spacial score (nSPS) is 10.5. The second-order valence-electron chi connectivity index (χ2n) is 3.86. The summed E-state index contributed by atoms with van der Waals surface area (Å²) in [6.07, 6.45) is 1.40. The Bertz CT molecular complexity index is 491. The van der Waals surface area contributed by atoms with Gasteiger partial charge in [0, 0.05) is 16.2 Å². The number of halogens is 1. The van der Waals surface area contributed by atoms with Crippen LogP contribution in [0.15, 0.2) is 46.7 Å². The fourth-order valence-electron chi connectivity index (χ4n) is 1.48. The number of hydrogen-bond acceptors (Lipinski definition) is 3. The number of aryl methyl sites for hydroxylation is 1. The first-order valence-electron chi connectivity index (χ1n) is 5.66. The van der Waals surface area contributed by atoms with Crippen LogP contribution in [0.2, 0.25) is 0 Å². The van der Waals surface area contributed by atoms with Gasteiger partial charge in [-0.05, 0) is 42.1 Å². The average Bonchev–Trinajstić information content (AvgIpc) is 2.89. The number of carbonyl (C=O) groups excluding carboxylic acids is 1. The smallest absolute Gasteiger partial charge is 0.143 e. The van der Waals surface area contributed by atoms with Crippen molar-refractivity contribution in [2.75, 3.05) is 5.75 Å². The van der Waals surface area contributed by atoms with Crippen LogP contribution in [0.25, 0.3) is 0 Å². The largest absolute Gasteiger partial charge is 0.299 e. The SMILES string of the molecule is O=C(CCc1cccs1)CSc1ccc(F)cc1. The lowest BCUT2D eigenvalue weighted by Gasteiger charge is -2.01. The summed E-state index contributed by atoms with van der Waals surface area (Å²) in [7, 11) is 0. The minimum absolute atomic E-state index is 0.234. The molecule has 1 aromatic carbocycles. The number of carbonyl (C=O) groups is 1. The van der Waals surface area contributed by atoms with Gasteiger partial charge in [0.25, 0.3) is 0 Å². The molecule has 2 aromatic rings. The fraction of sp³-hybridized carbons (Fsp3) is 0.214. The molecule has 94 valence electrons. The van der Waals surface area contributed by atoms with E-state index in [1.807, 2.05) is 17.5 Å². The monoisotopic (exact) mass is 280 g/mol. The molecule has 0 fully saturated rings. The predicted octanol–water partition coefficient (Wildman–Crippen LogP) is 4.18. The molecule has 0 saturated carbocycles. The van der Waals surface area contributed by atoms with E-state index in [9.17, 15) is 9.18 Å². The topological polar surface area (TPSA) is 17.1 Å². The second-order valence-corrected chi connectivity index (χ2v) is 5.94. The van der Waals surface area contributed by atoms with Gasteiger partial charge in [-0.3, -0.25) is 4.79 Å². The molecule has 0 unspecified atom stereocenters. The van der Waals surface area contributed by atoms with Gasteiger partial charge in [0.05, 0.1) is 5.75 Å². The van der Waals surface area contributed by atoms with Crippen LogP contribution >= 0.6 is 23.1 Å². The highest BCUT2D eigenvalue weighted by atomic mass is 32.2. The second kappa shape index (κ2) is 6.71. The molecule has 0 aliphatic carbocycles. The summed E-state index contributed by atoms with van der Waals surface area (Å²) < 4.78 is 12.7. The summed E-state index contributed by atoms with van der Waals surface area (Å²) in [6.45, 7) is 0. The Morgan fingerprint density at radius 3 is 2.67 bits per heavy atom. The Morgan fingerprint density at radius 2 is 2.00 bits per heavy atom. The zero-order chi connectivity index (χ0) is 12.8. The summed E-state index contributed by atoms with van der Waals surface area (Å²) in [6, 6.07) is 10.3. The molecule has 0 amide bonds. The Labute approximate surface area is 114 Å². The van der Waals surface area contributed by atoms with Crippen molar-refractivity contribution in [3.8, 4) is 0 Å². The molecule has 1 nitrogen and oxygen atoms in total. The molecular formula is C14H13FOS2. The molecule has 0 spiro atoms. The van der Waals surface area contributed by atoms with Crippen LogP contribution in [-0.2, 0) is 11.2 Å². The summed E-state index contributed by atoms with van der Waals surface area (Å²) in [4.78, 5) is 13.9. The molecule has 0 saturated heterocycles. The van der Waals surface area contributed by atoms with Gasteiger partial charge >= 0.3 is 0 Å². The van der Waals surface area contributed by atoms with E-state index >= 15 is 0 Å². The molecule has 1 aromatic heterocycles. The predicted molar refractivity (Wildman–Crippen MR) is 74.8 cm³/mol. The quantitative estimate of drug-likeness (QED) is 0.738. The highest BCUT2D eigenvalue weighted by molar-refractivity contribution is 8.00. The summed E-state index contributed by atoms with van der Waals surface area (Å²) >= 11 is 3.14. The highest BCUT2D eigenvalue weighted by Crippen LogP contribution is 2.19. The number of hydrogen-bond donors (Lipinski definition) is 0. The van der Waals surface area contributed by atoms with Crippen molar-refractivity contribution in [1.82, 2.24) is 0 Å². The van der Waals surface area contributed by atoms with Gasteiger partial charge in [-0.2, -0.15) is 0 Å². The number of ketones is 1. The number of Topliss-reactive ketones (excluding diaryl/α,β-unsaturated/α-hetero) is 1. The average molecular weight is 280 g/mol. The minimum atomic E-state index is -0.247. The minimum Gasteiger partial charge on any atom is -0.299 e. The number of thioether (sulfide) groups is 1. The van der Waals surface area contributed by atoms with Crippen LogP contribution in [0.3, 0.4) is 0 Å². The molecule has 4 heteroatoms. The third-order valence-electron chi connectivity index (χ3n) is 2.44. The van der Waals surface area contributed by atoms with Crippen molar-refractivity contribution in [3.05, 3.63) is 52.5 Å². The number of rotatable bonds is 6. The van der Waals surface area contributed by atoms with E-state index in [1.165, 1.54) is 28.8 Å². The lowest BCUT2D eigenvalue weighted by atomic mass is 10.2. The Morgan fingerprint density at radius 1 is 1.22 bits per heavy atom. The van der Waals surface area contributed by atoms with E-state index < -0.39 is 0 Å². The van der Waals surface area contributed by atoms with Crippen molar-refractivity contribution in [3.63, 3.8) is 0 Å². The first-order chi connectivity index (χ1) is 8.74. The van der Waals surface area contributed by atoms with E-state index in [4.69, 9.17) is 0 Å². The lowest BCUT2D eigenvalue weighted by Crippen LogP contribution is -2.02. The van der Waals surface area contributed by atoms with Gasteiger partial charge in [0.2, 0.25) is 0 Å². The van der Waals surface area contributed by atoms with Crippen LogP contribution in [0.5, 0.6) is 0 Å². The first-order valence-corrected chi connectivity index (χ1v) is 7.53. The van der Waals surface area contributed by atoms with Gasteiger partial charge in [-0.1, -0.05) is 6.07 Å². The Hall–Kier alpha value is -1.13. The molecule has 0 radical (unpaired) electrons. The van der Waals surface area contributed by atoms with Gasteiger partial charge in [0.1, 0.15) is 11.6 Å².